The SMILES string of the molecule is C[Si](C)(C)C#Cc1ccc2c(cnn2C2CCCCO2)c1. The van der Waals surface area contributed by atoms with Crippen LogP contribution in [0.15, 0.2) is 24.4 Å². The largest absolute Gasteiger partial charge is 0.356 e. The Balaban J connectivity index is 1.91. The first-order chi connectivity index (χ1) is 10.0. The first-order valence-corrected chi connectivity index (χ1v) is 11.1. The summed E-state index contributed by atoms with van der Waals surface area (Å²) in [4.78, 5) is 0. The van der Waals surface area contributed by atoms with Crippen LogP contribution in [0.1, 0.15) is 31.1 Å². The molecule has 110 valence electrons. The van der Waals surface area contributed by atoms with Crippen molar-refractivity contribution < 1.29 is 4.74 Å². The second kappa shape index (κ2) is 5.67. The third-order valence-electron chi connectivity index (χ3n) is 3.61. The van der Waals surface area contributed by atoms with Crippen LogP contribution >= 0.6 is 0 Å². The Bertz CT molecular complexity index is 697. The molecule has 0 amide bonds. The van der Waals surface area contributed by atoms with Gasteiger partial charge in [-0.1, -0.05) is 25.6 Å². The van der Waals surface area contributed by atoms with Gasteiger partial charge in [0.1, 0.15) is 8.07 Å². The second-order valence-corrected chi connectivity index (χ2v) is 11.4. The van der Waals surface area contributed by atoms with Crippen LogP contribution in [0.5, 0.6) is 0 Å². The van der Waals surface area contributed by atoms with Crippen LogP contribution in [-0.2, 0) is 4.74 Å². The maximum Gasteiger partial charge on any atom is 0.150 e. The number of hydrogen-bond donors (Lipinski definition) is 0. The van der Waals surface area contributed by atoms with Gasteiger partial charge in [-0.05, 0) is 37.5 Å². The molecule has 1 aromatic carbocycles. The van der Waals surface area contributed by atoms with Gasteiger partial charge in [-0.15, -0.1) is 5.54 Å². The van der Waals surface area contributed by atoms with E-state index in [0.29, 0.717) is 0 Å². The van der Waals surface area contributed by atoms with E-state index in [0.717, 1.165) is 35.9 Å². The van der Waals surface area contributed by atoms with E-state index < -0.39 is 8.07 Å². The first-order valence-electron chi connectivity index (χ1n) is 7.65. The maximum absolute atomic E-state index is 5.83. The van der Waals surface area contributed by atoms with E-state index in [9.17, 15) is 0 Å². The average Bonchev–Trinajstić information content (AvgIpc) is 2.88. The predicted molar refractivity (Wildman–Crippen MR) is 88.8 cm³/mol. The van der Waals surface area contributed by atoms with Crippen LogP contribution in [0, 0.1) is 11.5 Å². The van der Waals surface area contributed by atoms with Crippen LogP contribution in [-0.4, -0.2) is 24.5 Å². The minimum atomic E-state index is -1.33. The van der Waals surface area contributed by atoms with E-state index in [2.05, 4.69) is 54.4 Å². The molecule has 3 rings (SSSR count). The van der Waals surface area contributed by atoms with Gasteiger partial charge in [0.05, 0.1) is 11.7 Å². The van der Waals surface area contributed by atoms with Crippen molar-refractivity contribution in [3.05, 3.63) is 30.0 Å². The Kier molecular flexibility index (Phi) is 3.88. The van der Waals surface area contributed by atoms with Gasteiger partial charge in [-0.2, -0.15) is 5.10 Å². The van der Waals surface area contributed by atoms with Crippen LogP contribution in [0.25, 0.3) is 10.9 Å². The maximum atomic E-state index is 5.83. The number of nitrogens with zero attached hydrogens (tertiary/aromatic N) is 2. The number of benzene rings is 1. The van der Waals surface area contributed by atoms with Gasteiger partial charge in [-0.25, -0.2) is 4.68 Å². The van der Waals surface area contributed by atoms with Crippen molar-refractivity contribution in [3.8, 4) is 11.5 Å². The van der Waals surface area contributed by atoms with E-state index in [1.165, 1.54) is 6.42 Å². The highest BCUT2D eigenvalue weighted by Gasteiger charge is 2.18. The van der Waals surface area contributed by atoms with E-state index in [4.69, 9.17) is 4.74 Å². The quantitative estimate of drug-likeness (QED) is 0.588. The van der Waals surface area contributed by atoms with Gasteiger partial charge in [0.15, 0.2) is 6.23 Å². The van der Waals surface area contributed by atoms with Gasteiger partial charge in [0, 0.05) is 17.6 Å². The van der Waals surface area contributed by atoms with Gasteiger partial charge < -0.3 is 4.74 Å². The summed E-state index contributed by atoms with van der Waals surface area (Å²) in [5.74, 6) is 3.31. The van der Waals surface area contributed by atoms with Crippen LogP contribution < -0.4 is 0 Å². The molecule has 0 radical (unpaired) electrons. The van der Waals surface area contributed by atoms with Crippen LogP contribution in [0.2, 0.25) is 19.6 Å². The van der Waals surface area contributed by atoms with Crippen molar-refractivity contribution in [1.29, 1.82) is 0 Å². The third-order valence-corrected chi connectivity index (χ3v) is 4.48. The van der Waals surface area contributed by atoms with Crippen molar-refractivity contribution in [2.45, 2.75) is 45.1 Å². The summed E-state index contributed by atoms with van der Waals surface area (Å²) >= 11 is 0. The molecule has 1 aliphatic heterocycles. The minimum absolute atomic E-state index is 0.0927. The molecule has 2 aromatic rings. The zero-order valence-electron chi connectivity index (χ0n) is 13.0. The summed E-state index contributed by atoms with van der Waals surface area (Å²) in [5, 5.41) is 5.67. The van der Waals surface area contributed by atoms with Gasteiger partial charge >= 0.3 is 0 Å². The fourth-order valence-electron chi connectivity index (χ4n) is 2.54. The summed E-state index contributed by atoms with van der Waals surface area (Å²) < 4.78 is 7.85. The molecule has 1 unspecified atom stereocenters. The fourth-order valence-corrected chi connectivity index (χ4v) is 3.06. The molecule has 0 spiro atoms. The molecule has 0 aliphatic carbocycles. The monoisotopic (exact) mass is 298 g/mol. The summed E-state index contributed by atoms with van der Waals surface area (Å²) in [6.07, 6.45) is 5.44. The summed E-state index contributed by atoms with van der Waals surface area (Å²) in [6.45, 7) is 7.62. The lowest BCUT2D eigenvalue weighted by molar-refractivity contribution is -0.0366. The number of aromatic nitrogens is 2. The molecule has 1 aliphatic rings. The Morgan fingerprint density at radius 2 is 2.14 bits per heavy atom. The van der Waals surface area contributed by atoms with Gasteiger partial charge in [-0.3, -0.25) is 0 Å². The molecule has 3 nitrogen and oxygen atoms in total. The number of hydrogen-bond acceptors (Lipinski definition) is 2. The van der Waals surface area contributed by atoms with E-state index >= 15 is 0 Å². The van der Waals surface area contributed by atoms with E-state index in [-0.39, 0.29) is 6.23 Å². The Labute approximate surface area is 127 Å². The van der Waals surface area contributed by atoms with Crippen LogP contribution in [0.4, 0.5) is 0 Å². The number of fused-ring (bicyclic) bond motifs is 1. The molecule has 0 N–H and O–H groups in total. The molecular weight excluding hydrogens is 276 g/mol. The molecule has 4 heteroatoms. The molecule has 1 aromatic heterocycles. The topological polar surface area (TPSA) is 27.1 Å². The smallest absolute Gasteiger partial charge is 0.150 e. The molecule has 0 saturated carbocycles. The molecule has 2 heterocycles. The lowest BCUT2D eigenvalue weighted by Gasteiger charge is -2.23. The highest BCUT2D eigenvalue weighted by atomic mass is 28.3. The predicted octanol–water partition coefficient (Wildman–Crippen LogP) is 3.96. The van der Waals surface area contributed by atoms with E-state index in [1.807, 2.05) is 10.9 Å². The lowest BCUT2D eigenvalue weighted by Crippen LogP contribution is -2.18. The summed E-state index contributed by atoms with van der Waals surface area (Å²) in [5.41, 5.74) is 5.63. The zero-order valence-corrected chi connectivity index (χ0v) is 14.0. The highest BCUT2D eigenvalue weighted by molar-refractivity contribution is 6.83. The first kappa shape index (κ1) is 14.4. The molecular formula is C17H22N2OSi. The number of ether oxygens (including phenoxy) is 1. The Morgan fingerprint density at radius 1 is 1.29 bits per heavy atom. The fraction of sp³-hybridized carbons (Fsp3) is 0.471. The third kappa shape index (κ3) is 3.37. The van der Waals surface area contributed by atoms with Crippen molar-refractivity contribution >= 4 is 19.0 Å². The van der Waals surface area contributed by atoms with Crippen LogP contribution in [0.3, 0.4) is 0 Å². The van der Waals surface area contributed by atoms with Crippen molar-refractivity contribution in [2.75, 3.05) is 6.61 Å². The highest BCUT2D eigenvalue weighted by Crippen LogP contribution is 2.26. The Hall–Kier alpha value is -1.57. The molecule has 1 fully saturated rings. The van der Waals surface area contributed by atoms with Crippen molar-refractivity contribution in [2.24, 2.45) is 0 Å². The second-order valence-electron chi connectivity index (χ2n) is 6.68. The van der Waals surface area contributed by atoms with E-state index in [1.54, 1.807) is 0 Å². The molecule has 1 saturated heterocycles. The summed E-state index contributed by atoms with van der Waals surface area (Å²) in [7, 11) is -1.33. The van der Waals surface area contributed by atoms with Gasteiger partial charge in [0.2, 0.25) is 0 Å². The Morgan fingerprint density at radius 3 is 2.86 bits per heavy atom. The average molecular weight is 298 g/mol. The zero-order chi connectivity index (χ0) is 14.9. The normalized spacial score (nSPS) is 19.3. The number of rotatable bonds is 1. The van der Waals surface area contributed by atoms with Gasteiger partial charge in [0.25, 0.3) is 0 Å². The summed E-state index contributed by atoms with van der Waals surface area (Å²) in [6, 6.07) is 6.35. The molecule has 1 atom stereocenters. The van der Waals surface area contributed by atoms with Crippen molar-refractivity contribution in [1.82, 2.24) is 9.78 Å². The molecule has 0 bridgehead atoms. The minimum Gasteiger partial charge on any atom is -0.356 e. The molecule has 21 heavy (non-hydrogen) atoms. The standard InChI is InChI=1S/C17H22N2OSi/c1-21(2,3)11-9-14-7-8-16-15(12-14)13-18-19(16)17-6-4-5-10-20-17/h7-8,12-13,17H,4-6,10H2,1-3H3. The van der Waals surface area contributed by atoms with Crippen molar-refractivity contribution in [3.63, 3.8) is 0 Å². The lowest BCUT2D eigenvalue weighted by atomic mass is 10.1.